The molecule has 0 spiro atoms. The Balaban J connectivity index is 2.33. The van der Waals surface area contributed by atoms with E-state index in [1.165, 1.54) is 0 Å². The molecule has 46 heavy (non-hydrogen) atoms. The number of ether oxygens (including phenoxy) is 4. The molecule has 0 aliphatic heterocycles. The molecule has 2 rings (SSSR count). The molecule has 0 aromatic heterocycles. The molecule has 0 aliphatic rings. The van der Waals surface area contributed by atoms with Gasteiger partial charge >= 0.3 is 23.9 Å². The minimum absolute atomic E-state index is 0.0696. The number of carbonyl (C=O) groups is 4. The van der Waals surface area contributed by atoms with E-state index in [1.807, 2.05) is 0 Å². The molecule has 2 aromatic carbocycles. The first-order valence-electron chi connectivity index (χ1n) is 15.9. The maximum absolute atomic E-state index is 13.4. The molecular formula is C34H46O12. The van der Waals surface area contributed by atoms with E-state index in [1.54, 1.807) is 0 Å². The Morgan fingerprint density at radius 1 is 0.500 bits per heavy atom. The summed E-state index contributed by atoms with van der Waals surface area (Å²) < 4.78 is 21.4. The van der Waals surface area contributed by atoms with Crippen LogP contribution in [0.1, 0.15) is 112 Å². The van der Waals surface area contributed by atoms with Gasteiger partial charge in [-0.2, -0.15) is 0 Å². The van der Waals surface area contributed by atoms with Crippen LogP contribution < -0.4 is 0 Å². The van der Waals surface area contributed by atoms with Gasteiger partial charge in [-0.3, -0.25) is 0 Å². The van der Waals surface area contributed by atoms with Crippen LogP contribution in [0.25, 0.3) is 0 Å². The van der Waals surface area contributed by atoms with Crippen molar-refractivity contribution in [1.82, 2.24) is 0 Å². The summed E-state index contributed by atoms with van der Waals surface area (Å²) in [6.45, 7) is 4.04. The largest absolute Gasteiger partial charge is 0.508 e. The number of esters is 4. The minimum atomic E-state index is -2.15. The molecule has 4 N–H and O–H groups in total. The molecule has 0 radical (unpaired) electrons. The van der Waals surface area contributed by atoms with Crippen LogP contribution >= 0.6 is 0 Å². The summed E-state index contributed by atoms with van der Waals surface area (Å²) in [5, 5.41) is 39.4. The molecule has 2 atom stereocenters. The summed E-state index contributed by atoms with van der Waals surface area (Å²) >= 11 is 0. The molecule has 12 heteroatoms. The van der Waals surface area contributed by atoms with Crippen LogP contribution in [0.4, 0.5) is 0 Å². The first kappa shape index (κ1) is 37.7. The van der Waals surface area contributed by atoms with Crippen LogP contribution in [0, 0.1) is 0 Å². The molecule has 0 fully saturated rings. The monoisotopic (exact) mass is 646 g/mol. The van der Waals surface area contributed by atoms with E-state index in [4.69, 9.17) is 18.9 Å². The van der Waals surface area contributed by atoms with Crippen molar-refractivity contribution in [2.45, 2.75) is 103 Å². The van der Waals surface area contributed by atoms with E-state index in [-0.39, 0.29) is 24.3 Å². The fraction of sp³-hybridized carbons (Fsp3) is 0.529. The van der Waals surface area contributed by atoms with Gasteiger partial charge in [-0.25, -0.2) is 19.2 Å². The van der Waals surface area contributed by atoms with Gasteiger partial charge in [0.1, 0.15) is 23.0 Å². The number of hydrogen-bond acceptors (Lipinski definition) is 12. The molecule has 0 bridgehead atoms. The Morgan fingerprint density at radius 2 is 0.804 bits per heavy atom. The average molecular weight is 647 g/mol. The lowest BCUT2D eigenvalue weighted by molar-refractivity contribution is -0.174. The van der Waals surface area contributed by atoms with Crippen molar-refractivity contribution < 1.29 is 58.6 Å². The zero-order chi connectivity index (χ0) is 33.9. The van der Waals surface area contributed by atoms with E-state index in [2.05, 4.69) is 13.8 Å². The van der Waals surface area contributed by atoms with E-state index < -0.39 is 59.1 Å². The van der Waals surface area contributed by atoms with Crippen LogP contribution in [0.5, 0.6) is 23.0 Å². The van der Waals surface area contributed by atoms with Gasteiger partial charge in [-0.05, 0) is 37.1 Å². The van der Waals surface area contributed by atoms with E-state index in [0.717, 1.165) is 101 Å². The number of phenolic OH excluding ortho intramolecular Hbond substituents is 4. The molecule has 2 aromatic rings. The highest BCUT2D eigenvalue weighted by Gasteiger charge is 2.43. The predicted molar refractivity (Wildman–Crippen MR) is 167 cm³/mol. The van der Waals surface area contributed by atoms with Crippen molar-refractivity contribution in [2.24, 2.45) is 0 Å². The number of carbonyl (C=O) groups excluding carboxylic acids is 4. The van der Waals surface area contributed by atoms with Gasteiger partial charge in [0, 0.05) is 12.1 Å². The number of rotatable bonds is 21. The van der Waals surface area contributed by atoms with Crippen molar-refractivity contribution in [3.63, 3.8) is 0 Å². The normalized spacial score (nSPS) is 12.1. The molecule has 0 aliphatic carbocycles. The standard InChI is InChI=1S/C34H46O12/c1-3-5-7-9-11-13-15-43-33(41)29(45-31(39)23-17-25(35)21-26(36)18-23)30(34(42)44-16-14-12-10-8-6-4-2)46-32(40)24-19-27(37)22-28(38)20-24/h17-22,29-30,35-38H,3-16H2,1-2H3. The van der Waals surface area contributed by atoms with Gasteiger partial charge in [-0.1, -0.05) is 78.1 Å². The Morgan fingerprint density at radius 3 is 1.13 bits per heavy atom. The van der Waals surface area contributed by atoms with Crippen molar-refractivity contribution in [2.75, 3.05) is 13.2 Å². The van der Waals surface area contributed by atoms with E-state index in [0.29, 0.717) is 12.8 Å². The van der Waals surface area contributed by atoms with Crippen LogP contribution in [0.2, 0.25) is 0 Å². The quantitative estimate of drug-likeness (QED) is 0.0698. The first-order valence-corrected chi connectivity index (χ1v) is 15.9. The van der Waals surface area contributed by atoms with Crippen LogP contribution in [-0.4, -0.2) is 69.7 Å². The zero-order valence-electron chi connectivity index (χ0n) is 26.6. The molecule has 254 valence electrons. The van der Waals surface area contributed by atoms with Crippen LogP contribution in [0.15, 0.2) is 36.4 Å². The fourth-order valence-electron chi connectivity index (χ4n) is 4.53. The SMILES string of the molecule is CCCCCCCCOC(=O)C(OC(=O)c1cc(O)cc(O)c1)C(OC(=O)c1cc(O)cc(O)c1)C(=O)OCCCCCCCC. The Bertz CT molecular complexity index is 1140. The summed E-state index contributed by atoms with van der Waals surface area (Å²) in [4.78, 5) is 52.9. The minimum Gasteiger partial charge on any atom is -0.508 e. The van der Waals surface area contributed by atoms with Crippen LogP contribution in [-0.2, 0) is 28.5 Å². The van der Waals surface area contributed by atoms with Crippen molar-refractivity contribution in [3.8, 4) is 23.0 Å². The number of benzene rings is 2. The Hall–Kier alpha value is -4.48. The van der Waals surface area contributed by atoms with Crippen LogP contribution in [0.3, 0.4) is 0 Å². The summed E-state index contributed by atoms with van der Waals surface area (Å²) in [6, 6.07) is 5.81. The van der Waals surface area contributed by atoms with Gasteiger partial charge in [0.25, 0.3) is 0 Å². The summed E-state index contributed by atoms with van der Waals surface area (Å²) in [6.07, 6.45) is 6.39. The third-order valence-electron chi connectivity index (χ3n) is 6.97. The smallest absolute Gasteiger partial charge is 0.352 e. The molecule has 2 unspecified atom stereocenters. The highest BCUT2D eigenvalue weighted by Crippen LogP contribution is 2.24. The molecular weight excluding hydrogens is 600 g/mol. The van der Waals surface area contributed by atoms with Crippen molar-refractivity contribution in [3.05, 3.63) is 47.5 Å². The molecule has 0 saturated carbocycles. The lowest BCUT2D eigenvalue weighted by Crippen LogP contribution is -2.47. The van der Waals surface area contributed by atoms with Gasteiger partial charge in [0.05, 0.1) is 24.3 Å². The third kappa shape index (κ3) is 13.7. The van der Waals surface area contributed by atoms with Gasteiger partial charge < -0.3 is 39.4 Å². The second kappa shape index (κ2) is 20.5. The lowest BCUT2D eigenvalue weighted by Gasteiger charge is -2.24. The summed E-state index contributed by atoms with van der Waals surface area (Å²) in [5.74, 6) is -6.77. The average Bonchev–Trinajstić information content (AvgIpc) is 3.00. The molecule has 12 nitrogen and oxygen atoms in total. The van der Waals surface area contributed by atoms with E-state index in [9.17, 15) is 39.6 Å². The third-order valence-corrected chi connectivity index (χ3v) is 6.97. The van der Waals surface area contributed by atoms with Crippen molar-refractivity contribution >= 4 is 23.9 Å². The van der Waals surface area contributed by atoms with Gasteiger partial charge in [0.15, 0.2) is 0 Å². The predicted octanol–water partition coefficient (Wildman–Crippen LogP) is 6.07. The summed E-state index contributed by atoms with van der Waals surface area (Å²) in [5.41, 5.74) is -0.732. The fourth-order valence-corrected chi connectivity index (χ4v) is 4.53. The number of unbranched alkanes of at least 4 members (excludes halogenated alkanes) is 10. The van der Waals surface area contributed by atoms with E-state index >= 15 is 0 Å². The summed E-state index contributed by atoms with van der Waals surface area (Å²) in [7, 11) is 0. The lowest BCUT2D eigenvalue weighted by atomic mass is 10.1. The molecule has 0 amide bonds. The van der Waals surface area contributed by atoms with Gasteiger partial charge in [-0.15, -0.1) is 0 Å². The second-order valence-electron chi connectivity index (χ2n) is 11.0. The first-order chi connectivity index (χ1) is 22.0. The maximum Gasteiger partial charge on any atom is 0.352 e. The number of aromatic hydroxyl groups is 4. The highest BCUT2D eigenvalue weighted by atomic mass is 16.6. The molecule has 0 saturated heterocycles. The topological polar surface area (TPSA) is 186 Å². The maximum atomic E-state index is 13.4. The highest BCUT2D eigenvalue weighted by molar-refractivity contribution is 5.96. The number of hydrogen-bond donors (Lipinski definition) is 4. The zero-order valence-corrected chi connectivity index (χ0v) is 26.6. The number of phenols is 4. The van der Waals surface area contributed by atoms with Gasteiger partial charge in [0.2, 0.25) is 12.2 Å². The Kier molecular flexibility index (Phi) is 16.8. The Labute approximate surface area is 269 Å². The van der Waals surface area contributed by atoms with Crippen molar-refractivity contribution in [1.29, 1.82) is 0 Å². The molecule has 0 heterocycles. The second-order valence-corrected chi connectivity index (χ2v) is 11.0.